The third-order valence-corrected chi connectivity index (χ3v) is 4.66. The standard InChI is InChI=1S/C18H24N2O2/c1-3-12-5-4-6-15-14(10-19-18(12)15)9-17(22)20(2)11-16(21)13-7-8-13/h4-6,10,13,16,19,21H,3,7-9,11H2,1-2H3. The number of hydrogen-bond acceptors (Lipinski definition) is 2. The second kappa shape index (κ2) is 6.13. The van der Waals surface area contributed by atoms with Crippen molar-refractivity contribution >= 4 is 16.8 Å². The normalized spacial score (nSPS) is 16.0. The molecule has 2 aromatic rings. The first-order chi connectivity index (χ1) is 10.6. The lowest BCUT2D eigenvalue weighted by molar-refractivity contribution is -0.130. The van der Waals surface area contributed by atoms with Gasteiger partial charge in [-0.1, -0.05) is 25.1 Å². The number of likely N-dealkylation sites (N-methyl/N-ethyl adjacent to an activating group) is 1. The molecule has 3 rings (SSSR count). The highest BCUT2D eigenvalue weighted by molar-refractivity contribution is 5.90. The number of nitrogens with one attached hydrogen (secondary N) is 1. The van der Waals surface area contributed by atoms with Crippen LogP contribution in [0.3, 0.4) is 0 Å². The Bertz CT molecular complexity index is 673. The number of aromatic nitrogens is 1. The molecule has 1 aromatic carbocycles. The molecule has 118 valence electrons. The van der Waals surface area contributed by atoms with Crippen molar-refractivity contribution < 1.29 is 9.90 Å². The zero-order valence-corrected chi connectivity index (χ0v) is 13.3. The van der Waals surface area contributed by atoms with Gasteiger partial charge in [0.15, 0.2) is 0 Å². The van der Waals surface area contributed by atoms with Crippen molar-refractivity contribution in [1.29, 1.82) is 0 Å². The lowest BCUT2D eigenvalue weighted by Gasteiger charge is -2.20. The Kier molecular flexibility index (Phi) is 4.21. The van der Waals surface area contributed by atoms with Crippen molar-refractivity contribution in [3.05, 3.63) is 35.5 Å². The number of fused-ring (bicyclic) bond motifs is 1. The van der Waals surface area contributed by atoms with Crippen LogP contribution in [0.4, 0.5) is 0 Å². The van der Waals surface area contributed by atoms with Crippen molar-refractivity contribution in [1.82, 2.24) is 9.88 Å². The number of nitrogens with zero attached hydrogens (tertiary/aromatic N) is 1. The van der Waals surface area contributed by atoms with Gasteiger partial charge in [-0.3, -0.25) is 4.79 Å². The second-order valence-electron chi connectivity index (χ2n) is 6.36. The van der Waals surface area contributed by atoms with Crippen LogP contribution in [0, 0.1) is 5.92 Å². The number of aryl methyl sites for hydroxylation is 1. The Morgan fingerprint density at radius 3 is 2.86 bits per heavy atom. The van der Waals surface area contributed by atoms with Crippen LogP contribution in [-0.4, -0.2) is 40.6 Å². The number of para-hydroxylation sites is 1. The monoisotopic (exact) mass is 300 g/mol. The van der Waals surface area contributed by atoms with Gasteiger partial charge in [-0.05, 0) is 36.3 Å². The predicted octanol–water partition coefficient (Wildman–Crippen LogP) is 2.50. The number of aliphatic hydroxyl groups excluding tert-OH is 1. The molecule has 2 N–H and O–H groups in total. The molecular formula is C18H24N2O2. The molecule has 4 nitrogen and oxygen atoms in total. The van der Waals surface area contributed by atoms with Gasteiger partial charge < -0.3 is 15.0 Å². The first kappa shape index (κ1) is 15.1. The molecule has 1 amide bonds. The van der Waals surface area contributed by atoms with Crippen molar-refractivity contribution in [3.8, 4) is 0 Å². The zero-order valence-electron chi connectivity index (χ0n) is 13.3. The number of aromatic amines is 1. The summed E-state index contributed by atoms with van der Waals surface area (Å²) in [5.74, 6) is 0.456. The van der Waals surface area contributed by atoms with Crippen molar-refractivity contribution in [2.24, 2.45) is 5.92 Å². The van der Waals surface area contributed by atoms with Crippen LogP contribution in [-0.2, 0) is 17.6 Å². The minimum absolute atomic E-state index is 0.0579. The highest BCUT2D eigenvalue weighted by Crippen LogP contribution is 2.32. The molecule has 4 heteroatoms. The molecule has 1 saturated carbocycles. The highest BCUT2D eigenvalue weighted by atomic mass is 16.3. The largest absolute Gasteiger partial charge is 0.391 e. The Labute approximate surface area is 131 Å². The Hall–Kier alpha value is -1.81. The maximum Gasteiger partial charge on any atom is 0.226 e. The van der Waals surface area contributed by atoms with Crippen molar-refractivity contribution in [2.75, 3.05) is 13.6 Å². The maximum atomic E-state index is 12.4. The van der Waals surface area contributed by atoms with Crippen LogP contribution in [0.15, 0.2) is 24.4 Å². The Morgan fingerprint density at radius 2 is 2.18 bits per heavy atom. The summed E-state index contributed by atoms with van der Waals surface area (Å²) in [5, 5.41) is 11.1. The minimum Gasteiger partial charge on any atom is -0.391 e. The molecule has 0 radical (unpaired) electrons. The van der Waals surface area contributed by atoms with Gasteiger partial charge in [-0.15, -0.1) is 0 Å². The summed E-state index contributed by atoms with van der Waals surface area (Å²) >= 11 is 0. The summed E-state index contributed by atoms with van der Waals surface area (Å²) in [4.78, 5) is 17.3. The fraction of sp³-hybridized carbons (Fsp3) is 0.500. The molecule has 0 saturated heterocycles. The summed E-state index contributed by atoms with van der Waals surface area (Å²) in [7, 11) is 1.78. The Balaban J connectivity index is 1.71. The van der Waals surface area contributed by atoms with Crippen LogP contribution in [0.25, 0.3) is 10.9 Å². The number of hydrogen-bond donors (Lipinski definition) is 2. The van der Waals surface area contributed by atoms with Crippen LogP contribution < -0.4 is 0 Å². The van der Waals surface area contributed by atoms with Crippen LogP contribution in [0.2, 0.25) is 0 Å². The molecule has 0 bridgehead atoms. The minimum atomic E-state index is -0.372. The molecule has 1 unspecified atom stereocenters. The average molecular weight is 300 g/mol. The van der Waals surface area contributed by atoms with Crippen LogP contribution in [0.5, 0.6) is 0 Å². The summed E-state index contributed by atoms with van der Waals surface area (Å²) in [6.07, 6.45) is 5.09. The first-order valence-electron chi connectivity index (χ1n) is 8.10. The van der Waals surface area contributed by atoms with E-state index in [1.807, 2.05) is 12.3 Å². The smallest absolute Gasteiger partial charge is 0.226 e. The van der Waals surface area contributed by atoms with E-state index in [1.165, 1.54) is 5.56 Å². The number of benzene rings is 1. The fourth-order valence-corrected chi connectivity index (χ4v) is 3.03. The summed E-state index contributed by atoms with van der Waals surface area (Å²) in [6.45, 7) is 2.57. The van der Waals surface area contributed by atoms with E-state index in [0.717, 1.165) is 35.7 Å². The molecule has 1 aliphatic carbocycles. The number of carbonyl (C=O) groups is 1. The third kappa shape index (κ3) is 3.02. The zero-order chi connectivity index (χ0) is 15.7. The molecule has 1 heterocycles. The van der Waals surface area contributed by atoms with Gasteiger partial charge in [-0.2, -0.15) is 0 Å². The molecular weight excluding hydrogens is 276 g/mol. The van der Waals surface area contributed by atoms with Crippen molar-refractivity contribution in [3.63, 3.8) is 0 Å². The van der Waals surface area contributed by atoms with Gasteiger partial charge in [0.25, 0.3) is 0 Å². The molecule has 1 fully saturated rings. The average Bonchev–Trinajstić information content (AvgIpc) is 3.29. The number of amides is 1. The Morgan fingerprint density at radius 1 is 1.41 bits per heavy atom. The predicted molar refractivity (Wildman–Crippen MR) is 87.7 cm³/mol. The number of rotatable bonds is 6. The number of carbonyl (C=O) groups excluding carboxylic acids is 1. The quantitative estimate of drug-likeness (QED) is 0.861. The van der Waals surface area contributed by atoms with E-state index in [4.69, 9.17) is 0 Å². The van der Waals surface area contributed by atoms with Crippen LogP contribution >= 0.6 is 0 Å². The number of aliphatic hydroxyl groups is 1. The molecule has 22 heavy (non-hydrogen) atoms. The molecule has 0 spiro atoms. The molecule has 1 aromatic heterocycles. The van der Waals surface area contributed by atoms with E-state index in [9.17, 15) is 9.90 Å². The molecule has 1 atom stereocenters. The topological polar surface area (TPSA) is 56.3 Å². The van der Waals surface area contributed by atoms with E-state index >= 15 is 0 Å². The van der Waals surface area contributed by atoms with Gasteiger partial charge in [0.2, 0.25) is 5.91 Å². The molecule has 0 aliphatic heterocycles. The summed E-state index contributed by atoms with van der Waals surface area (Å²) in [5.41, 5.74) is 3.44. The lowest BCUT2D eigenvalue weighted by Crippen LogP contribution is -2.36. The van der Waals surface area contributed by atoms with E-state index in [-0.39, 0.29) is 12.0 Å². The third-order valence-electron chi connectivity index (χ3n) is 4.66. The highest BCUT2D eigenvalue weighted by Gasteiger charge is 2.31. The summed E-state index contributed by atoms with van der Waals surface area (Å²) in [6, 6.07) is 6.22. The van der Waals surface area contributed by atoms with Gasteiger partial charge in [0.1, 0.15) is 0 Å². The SMILES string of the molecule is CCc1cccc2c(CC(=O)N(C)CC(O)C3CC3)c[nH]c12. The second-order valence-corrected chi connectivity index (χ2v) is 6.36. The number of H-pyrrole nitrogens is 1. The fourth-order valence-electron chi connectivity index (χ4n) is 3.03. The van der Waals surface area contributed by atoms with E-state index < -0.39 is 0 Å². The van der Waals surface area contributed by atoms with Gasteiger partial charge in [-0.25, -0.2) is 0 Å². The molecule has 1 aliphatic rings. The first-order valence-corrected chi connectivity index (χ1v) is 8.10. The van der Waals surface area contributed by atoms with E-state index in [1.54, 1.807) is 11.9 Å². The van der Waals surface area contributed by atoms with E-state index in [0.29, 0.717) is 18.9 Å². The lowest BCUT2D eigenvalue weighted by atomic mass is 10.1. The van der Waals surface area contributed by atoms with Gasteiger partial charge >= 0.3 is 0 Å². The maximum absolute atomic E-state index is 12.4. The summed E-state index contributed by atoms with van der Waals surface area (Å²) < 4.78 is 0. The van der Waals surface area contributed by atoms with E-state index in [2.05, 4.69) is 24.0 Å². The van der Waals surface area contributed by atoms with Gasteiger partial charge in [0.05, 0.1) is 12.5 Å². The van der Waals surface area contributed by atoms with Crippen LogP contribution in [0.1, 0.15) is 30.9 Å². The van der Waals surface area contributed by atoms with Gasteiger partial charge in [0, 0.05) is 30.7 Å². The van der Waals surface area contributed by atoms with Crippen molar-refractivity contribution in [2.45, 2.75) is 38.7 Å².